The number of aryl methyl sites for hydroxylation is 2. The van der Waals surface area contributed by atoms with E-state index >= 15 is 0 Å². The van der Waals surface area contributed by atoms with Gasteiger partial charge in [0.1, 0.15) is 0 Å². The summed E-state index contributed by atoms with van der Waals surface area (Å²) < 4.78 is 0. The summed E-state index contributed by atoms with van der Waals surface area (Å²) in [6.45, 7) is 9.37. The Balaban J connectivity index is 3.19. The fraction of sp³-hybridized carbons (Fsp3) is 0.545. The molecule has 0 bridgehead atoms. The van der Waals surface area contributed by atoms with E-state index in [0.29, 0.717) is 11.3 Å². The predicted molar refractivity (Wildman–Crippen MR) is 55.3 cm³/mol. The van der Waals surface area contributed by atoms with Crippen LogP contribution in [0.15, 0.2) is 6.07 Å². The van der Waals surface area contributed by atoms with Crippen molar-refractivity contribution in [1.82, 2.24) is 10.2 Å². The summed E-state index contributed by atoms with van der Waals surface area (Å²) >= 11 is 0. The molecule has 1 aromatic rings. The predicted octanol–water partition coefficient (Wildman–Crippen LogP) is 2.32. The first-order chi connectivity index (χ1) is 6.32. The second-order valence-electron chi connectivity index (χ2n) is 4.56. The van der Waals surface area contributed by atoms with E-state index in [-0.39, 0.29) is 11.2 Å². The topological polar surface area (TPSA) is 42.9 Å². The molecule has 0 N–H and O–H groups in total. The molecule has 0 aliphatic rings. The lowest BCUT2D eigenvalue weighted by Gasteiger charge is -2.17. The lowest BCUT2D eigenvalue weighted by molar-refractivity contribution is 0.0857. The summed E-state index contributed by atoms with van der Waals surface area (Å²) in [7, 11) is 0. The smallest absolute Gasteiger partial charge is 0.170 e. The van der Waals surface area contributed by atoms with Crippen molar-refractivity contribution in [3.63, 3.8) is 0 Å². The molecule has 3 heteroatoms. The summed E-state index contributed by atoms with van der Waals surface area (Å²) in [4.78, 5) is 12.0. The van der Waals surface area contributed by atoms with Crippen molar-refractivity contribution in [3.05, 3.63) is 23.0 Å². The minimum absolute atomic E-state index is 0.119. The van der Waals surface area contributed by atoms with Gasteiger partial charge in [-0.2, -0.15) is 10.2 Å². The maximum Gasteiger partial charge on any atom is 0.170 e. The van der Waals surface area contributed by atoms with Gasteiger partial charge < -0.3 is 0 Å². The van der Waals surface area contributed by atoms with Gasteiger partial charge in [0.2, 0.25) is 0 Å². The van der Waals surface area contributed by atoms with Gasteiger partial charge in [-0.15, -0.1) is 0 Å². The molecule has 0 fully saturated rings. The molecule has 0 aliphatic heterocycles. The van der Waals surface area contributed by atoms with Gasteiger partial charge in [0.15, 0.2) is 5.78 Å². The number of aromatic nitrogens is 2. The summed E-state index contributed by atoms with van der Waals surface area (Å²) in [5.74, 6) is 0.119. The Morgan fingerprint density at radius 3 is 2.29 bits per heavy atom. The standard InChI is InChI=1S/C11H16N2O/c1-7-6-9(8(2)13-12-7)10(14)11(3,4)5/h6H,1-5H3. The molecule has 1 aromatic heterocycles. The van der Waals surface area contributed by atoms with E-state index in [1.165, 1.54) is 0 Å². The molecule has 0 saturated heterocycles. The highest BCUT2D eigenvalue weighted by Crippen LogP contribution is 2.22. The summed E-state index contributed by atoms with van der Waals surface area (Å²) in [5.41, 5.74) is 1.81. The number of Topliss-reactive ketones (excluding diaryl/α,β-unsaturated/α-hetero) is 1. The average Bonchev–Trinajstić information content (AvgIpc) is 2.06. The molecule has 0 saturated carbocycles. The Labute approximate surface area is 84.6 Å². The molecule has 76 valence electrons. The van der Waals surface area contributed by atoms with Crippen LogP contribution in [0.4, 0.5) is 0 Å². The second kappa shape index (κ2) is 3.48. The molecule has 0 spiro atoms. The molecular formula is C11H16N2O. The van der Waals surface area contributed by atoms with Gasteiger partial charge in [0.05, 0.1) is 11.4 Å². The number of ketones is 1. The number of carbonyl (C=O) groups excluding carboxylic acids is 1. The molecule has 0 aliphatic carbocycles. The van der Waals surface area contributed by atoms with Crippen molar-refractivity contribution >= 4 is 5.78 Å². The third-order valence-electron chi connectivity index (χ3n) is 2.03. The Hall–Kier alpha value is -1.25. The molecule has 14 heavy (non-hydrogen) atoms. The summed E-state index contributed by atoms with van der Waals surface area (Å²) in [6, 6.07) is 1.80. The van der Waals surface area contributed by atoms with Crippen LogP contribution in [-0.4, -0.2) is 16.0 Å². The van der Waals surface area contributed by atoms with Crippen molar-refractivity contribution < 1.29 is 4.79 Å². The van der Waals surface area contributed by atoms with Crippen LogP contribution in [0.25, 0.3) is 0 Å². The molecule has 0 aromatic carbocycles. The van der Waals surface area contributed by atoms with E-state index in [1.54, 1.807) is 6.07 Å². The van der Waals surface area contributed by atoms with Crippen LogP contribution in [0.1, 0.15) is 42.5 Å². The number of carbonyl (C=O) groups is 1. The van der Waals surface area contributed by atoms with Crippen LogP contribution in [0.3, 0.4) is 0 Å². The van der Waals surface area contributed by atoms with Crippen LogP contribution < -0.4 is 0 Å². The maximum absolute atomic E-state index is 12.0. The van der Waals surface area contributed by atoms with Crippen molar-refractivity contribution in [2.24, 2.45) is 5.41 Å². The molecule has 0 radical (unpaired) electrons. The number of nitrogens with zero attached hydrogens (tertiary/aromatic N) is 2. The molecular weight excluding hydrogens is 176 g/mol. The average molecular weight is 192 g/mol. The fourth-order valence-electron chi connectivity index (χ4n) is 1.18. The van der Waals surface area contributed by atoms with E-state index in [9.17, 15) is 4.79 Å². The zero-order chi connectivity index (χ0) is 10.9. The molecule has 0 atom stereocenters. The minimum atomic E-state index is -0.361. The fourth-order valence-corrected chi connectivity index (χ4v) is 1.18. The zero-order valence-electron chi connectivity index (χ0n) is 9.38. The molecule has 0 unspecified atom stereocenters. The Morgan fingerprint density at radius 1 is 1.21 bits per heavy atom. The highest BCUT2D eigenvalue weighted by molar-refractivity contribution is 6.00. The first kappa shape index (κ1) is 10.8. The third-order valence-corrected chi connectivity index (χ3v) is 2.03. The quantitative estimate of drug-likeness (QED) is 0.641. The van der Waals surface area contributed by atoms with E-state index in [1.807, 2.05) is 34.6 Å². The van der Waals surface area contributed by atoms with Crippen LogP contribution in [-0.2, 0) is 0 Å². The highest BCUT2D eigenvalue weighted by atomic mass is 16.1. The molecule has 3 nitrogen and oxygen atoms in total. The normalized spacial score (nSPS) is 11.5. The molecule has 1 heterocycles. The monoisotopic (exact) mass is 192 g/mol. The van der Waals surface area contributed by atoms with Gasteiger partial charge in [-0.25, -0.2) is 0 Å². The van der Waals surface area contributed by atoms with Gasteiger partial charge in [-0.3, -0.25) is 4.79 Å². The van der Waals surface area contributed by atoms with Crippen LogP contribution >= 0.6 is 0 Å². The maximum atomic E-state index is 12.0. The van der Waals surface area contributed by atoms with Crippen molar-refractivity contribution in [2.45, 2.75) is 34.6 Å². The highest BCUT2D eigenvalue weighted by Gasteiger charge is 2.24. The van der Waals surface area contributed by atoms with E-state index in [0.717, 1.165) is 5.69 Å². The lowest BCUT2D eigenvalue weighted by Crippen LogP contribution is -2.22. The van der Waals surface area contributed by atoms with Gasteiger partial charge >= 0.3 is 0 Å². The van der Waals surface area contributed by atoms with Gasteiger partial charge in [-0.1, -0.05) is 20.8 Å². The minimum Gasteiger partial charge on any atom is -0.294 e. The molecule has 1 rings (SSSR count). The number of rotatable bonds is 1. The first-order valence-corrected chi connectivity index (χ1v) is 4.68. The van der Waals surface area contributed by atoms with Crippen LogP contribution in [0.5, 0.6) is 0 Å². The Morgan fingerprint density at radius 2 is 1.79 bits per heavy atom. The van der Waals surface area contributed by atoms with Crippen LogP contribution in [0, 0.1) is 19.3 Å². The number of hydrogen-bond acceptors (Lipinski definition) is 3. The SMILES string of the molecule is Cc1cc(C(=O)C(C)(C)C)c(C)nn1. The molecule has 0 amide bonds. The van der Waals surface area contributed by atoms with E-state index < -0.39 is 0 Å². The largest absolute Gasteiger partial charge is 0.294 e. The third kappa shape index (κ3) is 2.16. The Bertz CT molecular complexity index is 364. The van der Waals surface area contributed by atoms with Crippen molar-refractivity contribution in [1.29, 1.82) is 0 Å². The van der Waals surface area contributed by atoms with Crippen molar-refractivity contribution in [2.75, 3.05) is 0 Å². The number of hydrogen-bond donors (Lipinski definition) is 0. The van der Waals surface area contributed by atoms with Crippen LogP contribution in [0.2, 0.25) is 0 Å². The van der Waals surface area contributed by atoms with E-state index in [4.69, 9.17) is 0 Å². The van der Waals surface area contributed by atoms with Crippen molar-refractivity contribution in [3.8, 4) is 0 Å². The summed E-state index contributed by atoms with van der Waals surface area (Å²) in [6.07, 6.45) is 0. The Kier molecular flexibility index (Phi) is 2.69. The zero-order valence-corrected chi connectivity index (χ0v) is 9.38. The van der Waals surface area contributed by atoms with E-state index in [2.05, 4.69) is 10.2 Å². The van der Waals surface area contributed by atoms with Gasteiger partial charge in [0, 0.05) is 11.0 Å². The summed E-state index contributed by atoms with van der Waals surface area (Å²) in [5, 5.41) is 7.84. The van der Waals surface area contributed by atoms with Gasteiger partial charge in [0.25, 0.3) is 0 Å². The first-order valence-electron chi connectivity index (χ1n) is 4.68. The van der Waals surface area contributed by atoms with Gasteiger partial charge in [-0.05, 0) is 19.9 Å². The lowest BCUT2D eigenvalue weighted by atomic mass is 9.86. The second-order valence-corrected chi connectivity index (χ2v) is 4.56.